The van der Waals surface area contributed by atoms with Gasteiger partial charge in [-0.1, -0.05) is 69.7 Å². The van der Waals surface area contributed by atoms with Gasteiger partial charge in [-0.3, -0.25) is 9.36 Å². The minimum absolute atomic E-state index is 0.184. The van der Waals surface area contributed by atoms with Crippen molar-refractivity contribution in [3.63, 3.8) is 0 Å². The monoisotopic (exact) mass is 468 g/mol. The molecule has 4 rings (SSSR count). The molecule has 0 spiro atoms. The van der Waals surface area contributed by atoms with E-state index in [1.807, 2.05) is 60.7 Å². The summed E-state index contributed by atoms with van der Waals surface area (Å²) in [5, 5.41) is 0. The largest absolute Gasteiger partial charge is 0.466 e. The van der Waals surface area contributed by atoms with Crippen molar-refractivity contribution in [2.75, 3.05) is 7.11 Å². The number of nitrogens with zero attached hydrogens (tertiary/aromatic N) is 2. The second kappa shape index (κ2) is 7.93. The van der Waals surface area contributed by atoms with E-state index in [9.17, 15) is 9.59 Å². The van der Waals surface area contributed by atoms with E-state index in [-0.39, 0.29) is 5.56 Å². The molecule has 0 fully saturated rings. The first-order valence-corrected chi connectivity index (χ1v) is 10.5. The number of allylic oxidation sites excluding steroid dienone is 1. The third kappa shape index (κ3) is 3.63. The number of rotatable bonds is 3. The number of carbonyl (C=O) groups is 1. The minimum atomic E-state index is -0.603. The second-order valence-electron chi connectivity index (χ2n) is 6.54. The molecule has 1 unspecified atom stereocenters. The Morgan fingerprint density at radius 2 is 1.97 bits per heavy atom. The highest BCUT2D eigenvalue weighted by atomic mass is 79.9. The van der Waals surface area contributed by atoms with Crippen molar-refractivity contribution in [1.29, 1.82) is 0 Å². The molecule has 1 atom stereocenters. The van der Waals surface area contributed by atoms with E-state index in [1.54, 1.807) is 11.5 Å². The maximum absolute atomic E-state index is 13.3. The molecule has 1 aliphatic rings. The molecule has 0 bridgehead atoms. The van der Waals surface area contributed by atoms with E-state index in [0.717, 1.165) is 15.6 Å². The number of thiazole rings is 1. The molecule has 5 nitrogen and oxygen atoms in total. The maximum Gasteiger partial charge on any atom is 0.338 e. The van der Waals surface area contributed by atoms with Crippen LogP contribution in [0.5, 0.6) is 0 Å². The standard InChI is InChI=1S/C22H17BrN2O3S/c1-13-18(21(27)28-2)19(15-9-6-10-16(23)12-15)25-20(26)17(29-22(25)24-13)11-14-7-4-3-5-8-14/h3-12,19H,1-2H3. The van der Waals surface area contributed by atoms with Gasteiger partial charge in [0.2, 0.25) is 0 Å². The van der Waals surface area contributed by atoms with Crippen LogP contribution in [0.15, 0.2) is 80.1 Å². The number of ether oxygens (including phenoxy) is 1. The van der Waals surface area contributed by atoms with Gasteiger partial charge in [-0.05, 0) is 36.3 Å². The third-order valence-electron chi connectivity index (χ3n) is 4.69. The number of carbonyl (C=O) groups excluding carboxylic acids is 1. The Morgan fingerprint density at radius 1 is 1.21 bits per heavy atom. The topological polar surface area (TPSA) is 60.7 Å². The van der Waals surface area contributed by atoms with E-state index >= 15 is 0 Å². The van der Waals surface area contributed by atoms with E-state index in [1.165, 1.54) is 18.4 Å². The number of benzene rings is 2. The zero-order valence-corrected chi connectivity index (χ0v) is 18.2. The van der Waals surface area contributed by atoms with Gasteiger partial charge >= 0.3 is 5.97 Å². The molecule has 3 aromatic rings. The SMILES string of the molecule is COC(=O)C1=C(C)N=c2sc(=Cc3ccccc3)c(=O)n2C1c1cccc(Br)c1. The maximum atomic E-state index is 13.3. The molecular formula is C22H17BrN2O3S. The molecular weight excluding hydrogens is 452 g/mol. The number of fused-ring (bicyclic) bond motifs is 1. The zero-order chi connectivity index (χ0) is 20.5. The van der Waals surface area contributed by atoms with Gasteiger partial charge in [-0.15, -0.1) is 0 Å². The molecule has 2 heterocycles. The lowest BCUT2D eigenvalue weighted by Gasteiger charge is -2.24. The van der Waals surface area contributed by atoms with Crippen molar-refractivity contribution in [3.8, 4) is 0 Å². The number of halogens is 1. The van der Waals surface area contributed by atoms with Gasteiger partial charge < -0.3 is 4.74 Å². The van der Waals surface area contributed by atoms with Crippen LogP contribution in [0.2, 0.25) is 0 Å². The Bertz CT molecular complexity index is 1310. The van der Waals surface area contributed by atoms with Crippen molar-refractivity contribution in [3.05, 3.63) is 101 Å². The first-order chi connectivity index (χ1) is 14.0. The second-order valence-corrected chi connectivity index (χ2v) is 8.46. The molecule has 1 aromatic heterocycles. The summed E-state index contributed by atoms with van der Waals surface area (Å²) in [4.78, 5) is 31.0. The van der Waals surface area contributed by atoms with E-state index < -0.39 is 12.0 Å². The number of aromatic nitrogens is 1. The van der Waals surface area contributed by atoms with Gasteiger partial charge in [0.1, 0.15) is 0 Å². The predicted molar refractivity (Wildman–Crippen MR) is 116 cm³/mol. The molecule has 0 aliphatic carbocycles. The summed E-state index contributed by atoms with van der Waals surface area (Å²) in [6.45, 7) is 1.77. The van der Waals surface area contributed by atoms with Crippen molar-refractivity contribution < 1.29 is 9.53 Å². The molecule has 2 aromatic carbocycles. The Kier molecular flexibility index (Phi) is 5.34. The quantitative estimate of drug-likeness (QED) is 0.554. The number of hydrogen-bond donors (Lipinski definition) is 0. The summed E-state index contributed by atoms with van der Waals surface area (Å²) in [6.07, 6.45) is 1.85. The van der Waals surface area contributed by atoms with Crippen LogP contribution in [0.25, 0.3) is 6.08 Å². The molecule has 7 heteroatoms. The highest BCUT2D eigenvalue weighted by Crippen LogP contribution is 2.31. The average molecular weight is 469 g/mol. The molecule has 146 valence electrons. The summed E-state index contributed by atoms with van der Waals surface area (Å²) < 4.78 is 8.02. The Morgan fingerprint density at radius 3 is 2.66 bits per heavy atom. The Labute approximate surface area is 179 Å². The van der Waals surface area contributed by atoms with Gasteiger partial charge in [-0.2, -0.15) is 0 Å². The lowest BCUT2D eigenvalue weighted by atomic mass is 9.96. The van der Waals surface area contributed by atoms with Crippen molar-refractivity contribution in [2.45, 2.75) is 13.0 Å². The normalized spacial score (nSPS) is 16.4. The summed E-state index contributed by atoms with van der Waals surface area (Å²) in [6, 6.07) is 16.6. The lowest BCUT2D eigenvalue weighted by Crippen LogP contribution is -2.39. The molecule has 0 amide bonds. The van der Waals surface area contributed by atoms with Crippen molar-refractivity contribution in [1.82, 2.24) is 4.57 Å². The van der Waals surface area contributed by atoms with Gasteiger partial charge in [0, 0.05) is 4.47 Å². The van der Waals surface area contributed by atoms with E-state index in [0.29, 0.717) is 20.6 Å². The average Bonchev–Trinajstić information content (AvgIpc) is 3.02. The number of esters is 1. The van der Waals surface area contributed by atoms with Gasteiger partial charge in [0.15, 0.2) is 4.80 Å². The fourth-order valence-electron chi connectivity index (χ4n) is 3.39. The van der Waals surface area contributed by atoms with Crippen molar-refractivity contribution >= 4 is 39.3 Å². The molecule has 29 heavy (non-hydrogen) atoms. The highest BCUT2D eigenvalue weighted by molar-refractivity contribution is 9.10. The van der Waals surface area contributed by atoms with Crippen LogP contribution in [-0.4, -0.2) is 17.6 Å². The summed E-state index contributed by atoms with van der Waals surface area (Å²) in [5.41, 5.74) is 2.47. The van der Waals surface area contributed by atoms with Crippen molar-refractivity contribution in [2.24, 2.45) is 4.99 Å². The fraction of sp³-hybridized carbons (Fsp3) is 0.136. The van der Waals surface area contributed by atoms with Crippen LogP contribution >= 0.6 is 27.3 Å². The Hall–Kier alpha value is -2.77. The lowest BCUT2D eigenvalue weighted by molar-refractivity contribution is -0.136. The van der Waals surface area contributed by atoms with Crippen LogP contribution < -0.4 is 14.9 Å². The molecule has 0 saturated carbocycles. The van der Waals surface area contributed by atoms with Gasteiger partial charge in [0.05, 0.1) is 29.0 Å². The molecule has 0 N–H and O–H groups in total. The summed E-state index contributed by atoms with van der Waals surface area (Å²) in [5.74, 6) is -0.492. The van der Waals surface area contributed by atoms with E-state index in [4.69, 9.17) is 4.74 Å². The number of hydrogen-bond acceptors (Lipinski definition) is 5. The summed E-state index contributed by atoms with van der Waals surface area (Å²) in [7, 11) is 1.33. The first kappa shape index (κ1) is 19.5. The molecule has 0 radical (unpaired) electrons. The van der Waals surface area contributed by atoms with Crippen LogP contribution in [0.4, 0.5) is 0 Å². The predicted octanol–water partition coefficient (Wildman–Crippen LogP) is 3.17. The number of methoxy groups -OCH3 is 1. The fourth-order valence-corrected chi connectivity index (χ4v) is 4.85. The highest BCUT2D eigenvalue weighted by Gasteiger charge is 2.33. The third-order valence-corrected chi connectivity index (χ3v) is 6.16. The summed E-state index contributed by atoms with van der Waals surface area (Å²) >= 11 is 4.79. The van der Waals surface area contributed by atoms with Crippen LogP contribution in [0.1, 0.15) is 24.1 Å². The van der Waals surface area contributed by atoms with Gasteiger partial charge in [0.25, 0.3) is 5.56 Å². The molecule has 0 saturated heterocycles. The van der Waals surface area contributed by atoms with Crippen LogP contribution in [-0.2, 0) is 9.53 Å². The minimum Gasteiger partial charge on any atom is -0.466 e. The van der Waals surface area contributed by atoms with Gasteiger partial charge in [-0.25, -0.2) is 9.79 Å². The molecule has 1 aliphatic heterocycles. The Balaban J connectivity index is 2.00. The smallest absolute Gasteiger partial charge is 0.338 e. The zero-order valence-electron chi connectivity index (χ0n) is 15.8. The van der Waals surface area contributed by atoms with Crippen LogP contribution in [0.3, 0.4) is 0 Å². The van der Waals surface area contributed by atoms with E-state index in [2.05, 4.69) is 20.9 Å². The van der Waals surface area contributed by atoms with Crippen LogP contribution in [0, 0.1) is 0 Å². The first-order valence-electron chi connectivity index (χ1n) is 8.91.